The van der Waals surface area contributed by atoms with Gasteiger partial charge in [0.2, 0.25) is 0 Å². The summed E-state index contributed by atoms with van der Waals surface area (Å²) in [5.74, 6) is -0.592. The number of carbonyl (C=O) groups excluding carboxylic acids is 1. The SMILES string of the molecule is COC(=O)c1ccc(S(=O)(=O)Nc2cccc(Br)c2)c(Cl)c1. The number of methoxy groups -OCH3 is 1. The molecule has 2 aromatic rings. The minimum absolute atomic E-state index is 0.0644. The molecule has 1 N–H and O–H groups in total. The van der Waals surface area contributed by atoms with Crippen molar-refractivity contribution in [2.45, 2.75) is 4.90 Å². The molecule has 116 valence electrons. The molecule has 22 heavy (non-hydrogen) atoms. The van der Waals surface area contributed by atoms with Gasteiger partial charge >= 0.3 is 5.97 Å². The molecule has 0 aromatic heterocycles. The Kier molecular flexibility index (Phi) is 5.10. The summed E-state index contributed by atoms with van der Waals surface area (Å²) in [7, 11) is -2.63. The summed E-state index contributed by atoms with van der Waals surface area (Å²) in [4.78, 5) is 11.3. The first-order valence-corrected chi connectivity index (χ1v) is 8.65. The van der Waals surface area contributed by atoms with Gasteiger partial charge in [-0.1, -0.05) is 33.6 Å². The van der Waals surface area contributed by atoms with Crippen LogP contribution in [0.5, 0.6) is 0 Å². The van der Waals surface area contributed by atoms with Crippen LogP contribution in [-0.4, -0.2) is 21.5 Å². The smallest absolute Gasteiger partial charge is 0.337 e. The Labute approximate surface area is 141 Å². The highest BCUT2D eigenvalue weighted by Gasteiger charge is 2.20. The van der Waals surface area contributed by atoms with E-state index in [1.165, 1.54) is 25.3 Å². The van der Waals surface area contributed by atoms with E-state index in [9.17, 15) is 13.2 Å². The fraction of sp³-hybridized carbons (Fsp3) is 0.0714. The first-order chi connectivity index (χ1) is 10.3. The molecular weight excluding hydrogens is 394 g/mol. The summed E-state index contributed by atoms with van der Waals surface area (Å²) in [6.45, 7) is 0. The molecule has 0 unspecified atom stereocenters. The molecule has 0 saturated carbocycles. The molecular formula is C14H11BrClNO4S. The van der Waals surface area contributed by atoms with Crippen LogP contribution < -0.4 is 4.72 Å². The fourth-order valence-electron chi connectivity index (χ4n) is 1.73. The molecule has 0 aliphatic rings. The molecule has 2 aromatic carbocycles. The van der Waals surface area contributed by atoms with Gasteiger partial charge < -0.3 is 4.74 Å². The van der Waals surface area contributed by atoms with Gasteiger partial charge in [0.05, 0.1) is 17.7 Å². The first-order valence-electron chi connectivity index (χ1n) is 6.00. The number of rotatable bonds is 4. The molecule has 0 fully saturated rings. The largest absolute Gasteiger partial charge is 0.465 e. The predicted octanol–water partition coefficient (Wildman–Crippen LogP) is 3.69. The lowest BCUT2D eigenvalue weighted by Crippen LogP contribution is -2.14. The van der Waals surface area contributed by atoms with Gasteiger partial charge in [0, 0.05) is 10.2 Å². The number of esters is 1. The monoisotopic (exact) mass is 403 g/mol. The van der Waals surface area contributed by atoms with E-state index < -0.39 is 16.0 Å². The van der Waals surface area contributed by atoms with Crippen molar-refractivity contribution < 1.29 is 17.9 Å². The van der Waals surface area contributed by atoms with Gasteiger partial charge in [-0.15, -0.1) is 0 Å². The number of sulfonamides is 1. The van der Waals surface area contributed by atoms with Crippen LogP contribution in [0.15, 0.2) is 51.8 Å². The summed E-state index contributed by atoms with van der Waals surface area (Å²) in [5.41, 5.74) is 0.566. The first kappa shape index (κ1) is 16.8. The predicted molar refractivity (Wildman–Crippen MR) is 87.7 cm³/mol. The molecule has 0 atom stereocenters. The second kappa shape index (κ2) is 6.68. The highest BCUT2D eigenvalue weighted by atomic mass is 79.9. The summed E-state index contributed by atoms with van der Waals surface area (Å²) < 4.78 is 32.4. The zero-order valence-electron chi connectivity index (χ0n) is 11.3. The van der Waals surface area contributed by atoms with Crippen LogP contribution in [0.25, 0.3) is 0 Å². The van der Waals surface area contributed by atoms with Gasteiger partial charge in [0.15, 0.2) is 0 Å². The zero-order valence-corrected chi connectivity index (χ0v) is 14.5. The van der Waals surface area contributed by atoms with Gasteiger partial charge in [0.1, 0.15) is 4.90 Å². The lowest BCUT2D eigenvalue weighted by molar-refractivity contribution is 0.0600. The van der Waals surface area contributed by atoms with Crippen LogP contribution in [-0.2, 0) is 14.8 Å². The third-order valence-electron chi connectivity index (χ3n) is 2.72. The van der Waals surface area contributed by atoms with Crippen LogP contribution in [0.3, 0.4) is 0 Å². The average molecular weight is 405 g/mol. The third-order valence-corrected chi connectivity index (χ3v) is 5.08. The van der Waals surface area contributed by atoms with Crippen LogP contribution in [0.4, 0.5) is 5.69 Å². The Balaban J connectivity index is 2.35. The minimum atomic E-state index is -3.86. The molecule has 0 saturated heterocycles. The Hall–Kier alpha value is -1.57. The summed E-state index contributed by atoms with van der Waals surface area (Å²) in [6, 6.07) is 10.6. The van der Waals surface area contributed by atoms with Crippen molar-refractivity contribution in [3.05, 3.63) is 57.5 Å². The van der Waals surface area contributed by atoms with E-state index in [-0.39, 0.29) is 15.5 Å². The molecule has 8 heteroatoms. The minimum Gasteiger partial charge on any atom is -0.465 e. The third kappa shape index (κ3) is 3.79. The van der Waals surface area contributed by atoms with Crippen molar-refractivity contribution in [3.63, 3.8) is 0 Å². The molecule has 0 bridgehead atoms. The van der Waals surface area contributed by atoms with E-state index in [4.69, 9.17) is 11.6 Å². The second-order valence-corrected chi connectivity index (χ2v) is 7.23. The Morgan fingerprint density at radius 1 is 1.23 bits per heavy atom. The van der Waals surface area contributed by atoms with Crippen molar-refractivity contribution in [1.29, 1.82) is 0 Å². The van der Waals surface area contributed by atoms with E-state index in [1.807, 2.05) is 0 Å². The highest BCUT2D eigenvalue weighted by Crippen LogP contribution is 2.26. The van der Waals surface area contributed by atoms with E-state index in [2.05, 4.69) is 25.4 Å². The van der Waals surface area contributed by atoms with E-state index >= 15 is 0 Å². The maximum atomic E-state index is 12.4. The Morgan fingerprint density at radius 2 is 1.95 bits per heavy atom. The van der Waals surface area contributed by atoms with Gasteiger partial charge in [-0.2, -0.15) is 0 Å². The number of hydrogen-bond acceptors (Lipinski definition) is 4. The topological polar surface area (TPSA) is 72.5 Å². The van der Waals surface area contributed by atoms with Gasteiger partial charge in [-0.05, 0) is 36.4 Å². The lowest BCUT2D eigenvalue weighted by atomic mass is 10.2. The van der Waals surface area contributed by atoms with Crippen molar-refractivity contribution in [1.82, 2.24) is 0 Å². The lowest BCUT2D eigenvalue weighted by Gasteiger charge is -2.10. The number of hydrogen-bond donors (Lipinski definition) is 1. The normalized spacial score (nSPS) is 11.0. The van der Waals surface area contributed by atoms with Crippen LogP contribution in [0, 0.1) is 0 Å². The number of ether oxygens (including phenoxy) is 1. The zero-order chi connectivity index (χ0) is 16.3. The molecule has 0 aliphatic carbocycles. The van der Waals surface area contributed by atoms with Gasteiger partial charge in [-0.3, -0.25) is 4.72 Å². The Bertz CT molecular complexity index is 823. The molecule has 0 aliphatic heterocycles. The molecule has 0 spiro atoms. The summed E-state index contributed by atoms with van der Waals surface area (Å²) in [6.07, 6.45) is 0. The fourth-order valence-corrected chi connectivity index (χ4v) is 3.72. The highest BCUT2D eigenvalue weighted by molar-refractivity contribution is 9.10. The maximum absolute atomic E-state index is 12.4. The quantitative estimate of drug-likeness (QED) is 0.789. The van der Waals surface area contributed by atoms with Crippen LogP contribution >= 0.6 is 27.5 Å². The van der Waals surface area contributed by atoms with E-state index in [1.54, 1.807) is 24.3 Å². The maximum Gasteiger partial charge on any atom is 0.337 e. The van der Waals surface area contributed by atoms with E-state index in [0.29, 0.717) is 5.69 Å². The van der Waals surface area contributed by atoms with Gasteiger partial charge in [0.25, 0.3) is 10.0 Å². The number of nitrogens with one attached hydrogen (secondary N) is 1. The van der Waals surface area contributed by atoms with Crippen molar-refractivity contribution in [3.8, 4) is 0 Å². The number of halogens is 2. The number of benzene rings is 2. The number of carbonyl (C=O) groups is 1. The van der Waals surface area contributed by atoms with Crippen LogP contribution in [0.1, 0.15) is 10.4 Å². The molecule has 0 heterocycles. The molecule has 0 amide bonds. The number of anilines is 1. The van der Waals surface area contributed by atoms with Crippen molar-refractivity contribution in [2.75, 3.05) is 11.8 Å². The summed E-state index contributed by atoms with van der Waals surface area (Å²) in [5, 5.41) is -0.0644. The summed E-state index contributed by atoms with van der Waals surface area (Å²) >= 11 is 9.24. The standard InChI is InChI=1S/C14H11BrClNO4S/c1-21-14(18)9-5-6-13(12(16)7-9)22(19,20)17-11-4-2-3-10(15)8-11/h2-8,17H,1H3. The molecule has 0 radical (unpaired) electrons. The van der Waals surface area contributed by atoms with Crippen LogP contribution in [0.2, 0.25) is 5.02 Å². The van der Waals surface area contributed by atoms with Crippen molar-refractivity contribution >= 4 is 49.2 Å². The van der Waals surface area contributed by atoms with E-state index in [0.717, 1.165) is 4.47 Å². The van der Waals surface area contributed by atoms with Gasteiger partial charge in [-0.25, -0.2) is 13.2 Å². The average Bonchev–Trinajstić information content (AvgIpc) is 2.45. The molecule has 5 nitrogen and oxygen atoms in total. The second-order valence-electron chi connectivity index (χ2n) is 4.25. The molecule has 2 rings (SSSR count). The van der Waals surface area contributed by atoms with Crippen molar-refractivity contribution in [2.24, 2.45) is 0 Å². The Morgan fingerprint density at radius 3 is 2.55 bits per heavy atom.